The third-order valence-corrected chi connectivity index (χ3v) is 4.90. The molecule has 0 fully saturated rings. The van der Waals surface area contributed by atoms with Gasteiger partial charge in [0.25, 0.3) is 0 Å². The molecule has 0 unspecified atom stereocenters. The Morgan fingerprint density at radius 3 is 2.78 bits per heavy atom. The van der Waals surface area contributed by atoms with Gasteiger partial charge < -0.3 is 9.88 Å². The molecule has 4 heteroatoms. The van der Waals surface area contributed by atoms with Crippen molar-refractivity contribution >= 4 is 28.4 Å². The van der Waals surface area contributed by atoms with Gasteiger partial charge in [0.2, 0.25) is 5.91 Å². The normalized spacial score (nSPS) is 14.0. The van der Waals surface area contributed by atoms with E-state index in [4.69, 9.17) is 11.6 Å². The first kappa shape index (κ1) is 14.3. The lowest BCUT2D eigenvalue weighted by Crippen LogP contribution is -2.36. The van der Waals surface area contributed by atoms with Gasteiger partial charge in [-0.15, -0.1) is 0 Å². The monoisotopic (exact) mass is 324 g/mol. The first-order valence-electron chi connectivity index (χ1n) is 7.82. The summed E-state index contributed by atoms with van der Waals surface area (Å²) < 4.78 is 0. The van der Waals surface area contributed by atoms with E-state index in [-0.39, 0.29) is 5.91 Å². The molecule has 0 bridgehead atoms. The average Bonchev–Trinajstić information content (AvgIpc) is 2.94. The molecule has 116 valence electrons. The van der Waals surface area contributed by atoms with Crippen molar-refractivity contribution in [1.82, 2.24) is 9.88 Å². The molecule has 1 amide bonds. The number of para-hydroxylation sites is 1. The van der Waals surface area contributed by atoms with Gasteiger partial charge in [-0.2, -0.15) is 0 Å². The fourth-order valence-corrected chi connectivity index (χ4v) is 3.50. The molecule has 4 rings (SSSR count). The van der Waals surface area contributed by atoms with Crippen molar-refractivity contribution in [3.05, 3.63) is 70.4 Å². The summed E-state index contributed by atoms with van der Waals surface area (Å²) in [5.41, 5.74) is 4.55. The Morgan fingerprint density at radius 2 is 1.91 bits per heavy atom. The molecule has 1 aliphatic heterocycles. The van der Waals surface area contributed by atoms with Crippen LogP contribution in [0, 0.1) is 0 Å². The highest BCUT2D eigenvalue weighted by molar-refractivity contribution is 6.31. The minimum absolute atomic E-state index is 0.133. The molecule has 0 radical (unpaired) electrons. The lowest BCUT2D eigenvalue weighted by molar-refractivity contribution is -0.131. The summed E-state index contributed by atoms with van der Waals surface area (Å²) in [5.74, 6) is 0.133. The van der Waals surface area contributed by atoms with Crippen LogP contribution in [-0.2, 0) is 24.2 Å². The number of fused-ring (bicyclic) bond motifs is 3. The lowest BCUT2D eigenvalue weighted by Gasteiger charge is -2.27. The van der Waals surface area contributed by atoms with E-state index in [1.807, 2.05) is 41.3 Å². The summed E-state index contributed by atoms with van der Waals surface area (Å²) in [6.45, 7) is 1.42. The van der Waals surface area contributed by atoms with E-state index in [1.54, 1.807) is 0 Å². The maximum Gasteiger partial charge on any atom is 0.227 e. The zero-order chi connectivity index (χ0) is 15.8. The number of halogens is 1. The third kappa shape index (κ3) is 2.62. The van der Waals surface area contributed by atoms with Gasteiger partial charge >= 0.3 is 0 Å². The largest absolute Gasteiger partial charge is 0.358 e. The first-order valence-corrected chi connectivity index (χ1v) is 8.20. The average molecular weight is 325 g/mol. The van der Waals surface area contributed by atoms with Gasteiger partial charge in [-0.1, -0.05) is 48.0 Å². The number of hydrogen-bond acceptors (Lipinski definition) is 1. The van der Waals surface area contributed by atoms with Gasteiger partial charge in [0, 0.05) is 46.7 Å². The maximum absolute atomic E-state index is 12.6. The van der Waals surface area contributed by atoms with Crippen molar-refractivity contribution in [2.24, 2.45) is 0 Å². The van der Waals surface area contributed by atoms with Crippen molar-refractivity contribution < 1.29 is 4.79 Å². The Labute approximate surface area is 139 Å². The van der Waals surface area contributed by atoms with E-state index < -0.39 is 0 Å². The zero-order valence-corrected chi connectivity index (χ0v) is 13.4. The van der Waals surface area contributed by atoms with Crippen LogP contribution in [0.5, 0.6) is 0 Å². The van der Waals surface area contributed by atoms with Crippen molar-refractivity contribution in [2.75, 3.05) is 6.54 Å². The van der Waals surface area contributed by atoms with Crippen LogP contribution in [0.1, 0.15) is 16.8 Å². The molecular weight excluding hydrogens is 308 g/mol. The van der Waals surface area contributed by atoms with Crippen LogP contribution in [0.15, 0.2) is 48.5 Å². The van der Waals surface area contributed by atoms with Crippen LogP contribution in [0.25, 0.3) is 10.9 Å². The van der Waals surface area contributed by atoms with Gasteiger partial charge in [-0.05, 0) is 17.7 Å². The summed E-state index contributed by atoms with van der Waals surface area (Å²) >= 11 is 6.17. The number of nitrogens with zero attached hydrogens (tertiary/aromatic N) is 1. The fourth-order valence-electron chi connectivity index (χ4n) is 3.30. The van der Waals surface area contributed by atoms with Crippen LogP contribution >= 0.6 is 11.6 Å². The Balaban J connectivity index is 1.58. The number of H-pyrrole nitrogens is 1. The molecule has 2 heterocycles. The minimum Gasteiger partial charge on any atom is -0.358 e. The van der Waals surface area contributed by atoms with Gasteiger partial charge in [0.05, 0.1) is 6.42 Å². The summed E-state index contributed by atoms with van der Waals surface area (Å²) in [4.78, 5) is 18.1. The molecule has 0 spiro atoms. The van der Waals surface area contributed by atoms with E-state index >= 15 is 0 Å². The summed E-state index contributed by atoms with van der Waals surface area (Å²) in [6, 6.07) is 15.8. The highest BCUT2D eigenvalue weighted by Crippen LogP contribution is 2.28. The van der Waals surface area contributed by atoms with Gasteiger partial charge in [0.1, 0.15) is 0 Å². The van der Waals surface area contributed by atoms with E-state index in [0.29, 0.717) is 18.0 Å². The Hall–Kier alpha value is -2.26. The van der Waals surface area contributed by atoms with Crippen LogP contribution in [-0.4, -0.2) is 22.3 Å². The number of carbonyl (C=O) groups excluding carboxylic acids is 1. The number of hydrogen-bond donors (Lipinski definition) is 1. The molecule has 1 aliphatic rings. The standard InChI is InChI=1S/C19H17ClN2O/c20-16-7-3-1-5-13(16)11-19(23)22-10-9-18-15(12-22)14-6-2-4-8-17(14)21-18/h1-8,21H,9-12H2. The predicted octanol–water partition coefficient (Wildman–Crippen LogP) is 3.95. The van der Waals surface area contributed by atoms with Crippen molar-refractivity contribution in [1.29, 1.82) is 0 Å². The molecule has 0 atom stereocenters. The molecule has 0 aliphatic carbocycles. The second kappa shape index (κ2) is 5.74. The fraction of sp³-hybridized carbons (Fsp3) is 0.211. The van der Waals surface area contributed by atoms with Crippen LogP contribution in [0.4, 0.5) is 0 Å². The highest BCUT2D eigenvalue weighted by atomic mass is 35.5. The number of rotatable bonds is 2. The Morgan fingerprint density at radius 1 is 1.13 bits per heavy atom. The van der Waals surface area contributed by atoms with Crippen molar-refractivity contribution in [2.45, 2.75) is 19.4 Å². The topological polar surface area (TPSA) is 36.1 Å². The number of carbonyl (C=O) groups is 1. The zero-order valence-electron chi connectivity index (χ0n) is 12.7. The third-order valence-electron chi connectivity index (χ3n) is 4.53. The van der Waals surface area contributed by atoms with Crippen molar-refractivity contribution in [3.63, 3.8) is 0 Å². The van der Waals surface area contributed by atoms with E-state index in [1.165, 1.54) is 16.6 Å². The predicted molar refractivity (Wildman–Crippen MR) is 92.6 cm³/mol. The maximum atomic E-state index is 12.6. The SMILES string of the molecule is O=C(Cc1ccccc1Cl)N1CCc2[nH]c3ccccc3c2C1. The Bertz CT molecular complexity index is 884. The number of amides is 1. The van der Waals surface area contributed by atoms with E-state index in [2.05, 4.69) is 17.1 Å². The quantitative estimate of drug-likeness (QED) is 0.761. The van der Waals surface area contributed by atoms with Crippen LogP contribution in [0.3, 0.4) is 0 Å². The van der Waals surface area contributed by atoms with Gasteiger partial charge in [-0.25, -0.2) is 0 Å². The van der Waals surface area contributed by atoms with Gasteiger partial charge in [-0.3, -0.25) is 4.79 Å². The molecule has 1 N–H and O–H groups in total. The summed E-state index contributed by atoms with van der Waals surface area (Å²) in [5, 5.41) is 1.88. The molecule has 3 nitrogen and oxygen atoms in total. The second-order valence-electron chi connectivity index (χ2n) is 5.96. The molecule has 23 heavy (non-hydrogen) atoms. The molecule has 1 aromatic heterocycles. The van der Waals surface area contributed by atoms with Gasteiger partial charge in [0.15, 0.2) is 0 Å². The van der Waals surface area contributed by atoms with Crippen LogP contribution < -0.4 is 0 Å². The smallest absolute Gasteiger partial charge is 0.227 e. The number of benzene rings is 2. The van der Waals surface area contributed by atoms with Crippen molar-refractivity contribution in [3.8, 4) is 0 Å². The molecule has 2 aromatic carbocycles. The second-order valence-corrected chi connectivity index (χ2v) is 6.37. The first-order chi connectivity index (χ1) is 11.2. The molecular formula is C19H17ClN2O. The Kier molecular flexibility index (Phi) is 3.58. The molecule has 0 saturated carbocycles. The number of nitrogens with one attached hydrogen (secondary N) is 1. The van der Waals surface area contributed by atoms with E-state index in [9.17, 15) is 4.79 Å². The van der Waals surface area contributed by atoms with E-state index in [0.717, 1.165) is 24.0 Å². The minimum atomic E-state index is 0.133. The highest BCUT2D eigenvalue weighted by Gasteiger charge is 2.24. The summed E-state index contributed by atoms with van der Waals surface area (Å²) in [7, 11) is 0. The number of aromatic nitrogens is 1. The van der Waals surface area contributed by atoms with Crippen LogP contribution in [0.2, 0.25) is 5.02 Å². The molecule has 0 saturated heterocycles. The number of aromatic amines is 1. The lowest BCUT2D eigenvalue weighted by atomic mass is 10.0. The summed E-state index contributed by atoms with van der Waals surface area (Å²) in [6.07, 6.45) is 1.23. The molecule has 3 aromatic rings.